The van der Waals surface area contributed by atoms with Crippen molar-refractivity contribution in [2.24, 2.45) is 10.8 Å². The molecular weight excluding hydrogens is 256 g/mol. The standard InChI is InChI=1S/C19H38N2/c1-17(2,3)20-15-19(9-7-6-8-10-19)16-21-13-11-18(4,5)12-14-21/h20H,6-16H2,1-5H3. The van der Waals surface area contributed by atoms with Crippen LogP contribution in [-0.2, 0) is 0 Å². The van der Waals surface area contributed by atoms with Crippen LogP contribution < -0.4 is 5.32 Å². The van der Waals surface area contributed by atoms with Gasteiger partial charge in [-0.15, -0.1) is 0 Å². The maximum atomic E-state index is 3.81. The van der Waals surface area contributed by atoms with Crippen molar-refractivity contribution in [2.45, 2.75) is 85.1 Å². The summed E-state index contributed by atoms with van der Waals surface area (Å²) in [5, 5.41) is 3.81. The molecule has 0 amide bonds. The Morgan fingerprint density at radius 1 is 0.905 bits per heavy atom. The predicted molar refractivity (Wildman–Crippen MR) is 92.7 cm³/mol. The first-order chi connectivity index (χ1) is 9.70. The molecule has 1 aliphatic heterocycles. The van der Waals surface area contributed by atoms with E-state index in [1.165, 1.54) is 71.1 Å². The van der Waals surface area contributed by atoms with Gasteiger partial charge in [-0.25, -0.2) is 0 Å². The summed E-state index contributed by atoms with van der Waals surface area (Å²) in [5.74, 6) is 0. The Bertz CT molecular complexity index is 311. The SMILES string of the molecule is CC1(C)CCN(CC2(CNC(C)(C)C)CCCCC2)CC1. The summed E-state index contributed by atoms with van der Waals surface area (Å²) in [6, 6.07) is 0. The van der Waals surface area contributed by atoms with Crippen LogP contribution in [-0.4, -0.2) is 36.6 Å². The van der Waals surface area contributed by atoms with Crippen LogP contribution in [0.4, 0.5) is 0 Å². The molecule has 1 saturated carbocycles. The molecular formula is C19H38N2. The molecule has 0 aromatic rings. The van der Waals surface area contributed by atoms with E-state index in [0.29, 0.717) is 10.8 Å². The van der Waals surface area contributed by atoms with E-state index in [9.17, 15) is 0 Å². The first kappa shape index (κ1) is 17.3. The summed E-state index contributed by atoms with van der Waals surface area (Å²) in [7, 11) is 0. The van der Waals surface area contributed by atoms with E-state index < -0.39 is 0 Å². The van der Waals surface area contributed by atoms with Gasteiger partial charge in [0.05, 0.1) is 0 Å². The summed E-state index contributed by atoms with van der Waals surface area (Å²) in [6.45, 7) is 16.9. The quantitative estimate of drug-likeness (QED) is 0.824. The number of rotatable bonds is 4. The highest BCUT2D eigenvalue weighted by Crippen LogP contribution is 2.39. The number of piperidine rings is 1. The van der Waals surface area contributed by atoms with Crippen LogP contribution in [0.15, 0.2) is 0 Å². The lowest BCUT2D eigenvalue weighted by Gasteiger charge is -2.46. The Kier molecular flexibility index (Phi) is 5.41. The van der Waals surface area contributed by atoms with Gasteiger partial charge in [0.2, 0.25) is 0 Å². The monoisotopic (exact) mass is 294 g/mol. The molecule has 0 radical (unpaired) electrons. The van der Waals surface area contributed by atoms with Gasteiger partial charge in [0.25, 0.3) is 0 Å². The van der Waals surface area contributed by atoms with E-state index in [2.05, 4.69) is 44.8 Å². The second-order valence-corrected chi connectivity index (χ2v) is 9.60. The fourth-order valence-electron chi connectivity index (χ4n) is 3.94. The van der Waals surface area contributed by atoms with Gasteiger partial charge in [-0.1, -0.05) is 33.1 Å². The van der Waals surface area contributed by atoms with Crippen molar-refractivity contribution < 1.29 is 0 Å². The van der Waals surface area contributed by atoms with Gasteiger partial charge in [-0.3, -0.25) is 0 Å². The Hall–Kier alpha value is -0.0800. The smallest absolute Gasteiger partial charge is 0.00967 e. The third-order valence-electron chi connectivity index (χ3n) is 5.68. The summed E-state index contributed by atoms with van der Waals surface area (Å²) in [4.78, 5) is 2.76. The van der Waals surface area contributed by atoms with Gasteiger partial charge >= 0.3 is 0 Å². The third kappa shape index (κ3) is 5.56. The summed E-state index contributed by atoms with van der Waals surface area (Å²) in [5.41, 5.74) is 1.35. The molecule has 2 rings (SSSR count). The van der Waals surface area contributed by atoms with E-state index >= 15 is 0 Å². The van der Waals surface area contributed by atoms with E-state index in [0.717, 1.165) is 0 Å². The highest BCUT2D eigenvalue weighted by Gasteiger charge is 2.36. The lowest BCUT2D eigenvalue weighted by Crippen LogP contribution is -2.51. The summed E-state index contributed by atoms with van der Waals surface area (Å²) >= 11 is 0. The van der Waals surface area contributed by atoms with Gasteiger partial charge in [0, 0.05) is 18.6 Å². The van der Waals surface area contributed by atoms with E-state index in [1.54, 1.807) is 0 Å². The van der Waals surface area contributed by atoms with Gasteiger partial charge < -0.3 is 10.2 Å². The Morgan fingerprint density at radius 2 is 1.48 bits per heavy atom. The Morgan fingerprint density at radius 3 is 2.00 bits per heavy atom. The molecule has 124 valence electrons. The van der Waals surface area contributed by atoms with Gasteiger partial charge in [-0.2, -0.15) is 0 Å². The van der Waals surface area contributed by atoms with Crippen LogP contribution in [0, 0.1) is 10.8 Å². The van der Waals surface area contributed by atoms with Crippen molar-refractivity contribution in [3.8, 4) is 0 Å². The molecule has 1 aliphatic carbocycles. The molecule has 0 unspecified atom stereocenters. The van der Waals surface area contributed by atoms with Crippen LogP contribution in [0.25, 0.3) is 0 Å². The third-order valence-corrected chi connectivity index (χ3v) is 5.68. The van der Waals surface area contributed by atoms with E-state index in [-0.39, 0.29) is 5.54 Å². The first-order valence-corrected chi connectivity index (χ1v) is 9.17. The summed E-state index contributed by atoms with van der Waals surface area (Å²) in [6.07, 6.45) is 9.91. The fraction of sp³-hybridized carbons (Fsp3) is 1.00. The molecule has 0 atom stereocenters. The molecule has 2 fully saturated rings. The average Bonchev–Trinajstić information content (AvgIpc) is 2.40. The first-order valence-electron chi connectivity index (χ1n) is 9.17. The molecule has 2 nitrogen and oxygen atoms in total. The topological polar surface area (TPSA) is 15.3 Å². The molecule has 0 aromatic carbocycles. The molecule has 21 heavy (non-hydrogen) atoms. The zero-order chi connectivity index (χ0) is 15.6. The minimum atomic E-state index is 0.244. The number of nitrogens with zero attached hydrogens (tertiary/aromatic N) is 1. The average molecular weight is 295 g/mol. The van der Waals surface area contributed by atoms with Gasteiger partial charge in [0.1, 0.15) is 0 Å². The van der Waals surface area contributed by atoms with Crippen LogP contribution in [0.5, 0.6) is 0 Å². The maximum absolute atomic E-state index is 3.81. The van der Waals surface area contributed by atoms with E-state index in [1.807, 2.05) is 0 Å². The molecule has 2 aliphatic rings. The number of hydrogen-bond acceptors (Lipinski definition) is 2. The Labute approximate surface area is 133 Å². The minimum absolute atomic E-state index is 0.244. The molecule has 0 spiro atoms. The van der Waals surface area contributed by atoms with E-state index in [4.69, 9.17) is 0 Å². The van der Waals surface area contributed by atoms with Gasteiger partial charge in [-0.05, 0) is 70.4 Å². The van der Waals surface area contributed by atoms with Gasteiger partial charge in [0.15, 0.2) is 0 Å². The van der Waals surface area contributed by atoms with Crippen LogP contribution in [0.3, 0.4) is 0 Å². The lowest BCUT2D eigenvalue weighted by atomic mass is 9.72. The lowest BCUT2D eigenvalue weighted by molar-refractivity contribution is 0.0558. The zero-order valence-corrected chi connectivity index (χ0v) is 15.2. The normalized spacial score (nSPS) is 26.7. The zero-order valence-electron chi connectivity index (χ0n) is 15.2. The van der Waals surface area contributed by atoms with Crippen molar-refractivity contribution in [3.05, 3.63) is 0 Å². The number of likely N-dealkylation sites (tertiary alicyclic amines) is 1. The van der Waals surface area contributed by atoms with Crippen molar-refractivity contribution >= 4 is 0 Å². The highest BCUT2D eigenvalue weighted by atomic mass is 15.1. The molecule has 2 heteroatoms. The van der Waals surface area contributed by atoms with Crippen molar-refractivity contribution in [1.82, 2.24) is 10.2 Å². The van der Waals surface area contributed by atoms with Crippen molar-refractivity contribution in [3.63, 3.8) is 0 Å². The molecule has 0 bridgehead atoms. The Balaban J connectivity index is 1.93. The van der Waals surface area contributed by atoms with Crippen LogP contribution in [0.1, 0.15) is 79.6 Å². The summed E-state index contributed by atoms with van der Waals surface area (Å²) < 4.78 is 0. The van der Waals surface area contributed by atoms with Crippen LogP contribution in [0.2, 0.25) is 0 Å². The largest absolute Gasteiger partial charge is 0.311 e. The molecule has 1 heterocycles. The molecule has 1 saturated heterocycles. The fourth-order valence-corrected chi connectivity index (χ4v) is 3.94. The van der Waals surface area contributed by atoms with Crippen LogP contribution >= 0.6 is 0 Å². The second kappa shape index (κ2) is 6.58. The predicted octanol–water partition coefficient (Wildman–Crippen LogP) is 4.45. The second-order valence-electron chi connectivity index (χ2n) is 9.60. The molecule has 0 aromatic heterocycles. The van der Waals surface area contributed by atoms with Crippen molar-refractivity contribution in [1.29, 1.82) is 0 Å². The minimum Gasteiger partial charge on any atom is -0.311 e. The number of hydrogen-bond donors (Lipinski definition) is 1. The molecule has 1 N–H and O–H groups in total. The van der Waals surface area contributed by atoms with Crippen molar-refractivity contribution in [2.75, 3.05) is 26.2 Å². The highest BCUT2D eigenvalue weighted by molar-refractivity contribution is 4.91. The maximum Gasteiger partial charge on any atom is 0.00967 e. The number of nitrogens with one attached hydrogen (secondary N) is 1.